The predicted molar refractivity (Wildman–Crippen MR) is 96.1 cm³/mol. The van der Waals surface area contributed by atoms with Gasteiger partial charge in [-0.1, -0.05) is 29.8 Å². The number of carboxylic acids is 1. The minimum absolute atomic E-state index is 0.109. The van der Waals surface area contributed by atoms with E-state index >= 15 is 0 Å². The lowest BCUT2D eigenvalue weighted by Crippen LogP contribution is -2.36. The highest BCUT2D eigenvalue weighted by molar-refractivity contribution is 7.92. The first kappa shape index (κ1) is 19.1. The molecule has 0 saturated heterocycles. The molecule has 0 aliphatic rings. The Morgan fingerprint density at radius 2 is 1.80 bits per heavy atom. The Bertz CT molecular complexity index is 891. The zero-order valence-corrected chi connectivity index (χ0v) is 15.6. The minimum atomic E-state index is -4.13. The van der Waals surface area contributed by atoms with Crippen molar-refractivity contribution in [3.05, 3.63) is 52.5 Å². The number of ether oxygens (including phenoxy) is 1. The Labute approximate surface area is 151 Å². The zero-order chi connectivity index (χ0) is 18.8. The van der Waals surface area contributed by atoms with E-state index in [1.165, 1.54) is 25.3 Å². The summed E-state index contributed by atoms with van der Waals surface area (Å²) in [5, 5.41) is 9.35. The van der Waals surface area contributed by atoms with E-state index < -0.39 is 22.5 Å². The number of carbonyl (C=O) groups is 1. The first-order valence-corrected chi connectivity index (χ1v) is 9.14. The normalized spacial score (nSPS) is 11.2. The van der Waals surface area contributed by atoms with Gasteiger partial charge in [0.05, 0.1) is 22.7 Å². The minimum Gasteiger partial charge on any atom is -0.495 e. The Morgan fingerprint density at radius 1 is 1.20 bits per heavy atom. The van der Waals surface area contributed by atoms with Gasteiger partial charge in [0.25, 0.3) is 10.0 Å². The van der Waals surface area contributed by atoms with Gasteiger partial charge in [0, 0.05) is 0 Å². The van der Waals surface area contributed by atoms with Crippen LogP contribution in [0.5, 0.6) is 5.75 Å². The van der Waals surface area contributed by atoms with Crippen LogP contribution in [0.2, 0.25) is 5.02 Å². The van der Waals surface area contributed by atoms with Crippen LogP contribution in [-0.2, 0) is 14.8 Å². The van der Waals surface area contributed by atoms with Crippen LogP contribution in [0.25, 0.3) is 0 Å². The molecule has 0 saturated carbocycles. The molecule has 0 heterocycles. The molecule has 0 unspecified atom stereocenters. The topological polar surface area (TPSA) is 83.9 Å². The molecule has 6 nitrogen and oxygen atoms in total. The van der Waals surface area contributed by atoms with Gasteiger partial charge in [-0.05, 0) is 43.2 Å². The van der Waals surface area contributed by atoms with Crippen molar-refractivity contribution in [2.24, 2.45) is 0 Å². The number of methoxy groups -OCH3 is 1. The number of aryl methyl sites for hydroxylation is 2. The van der Waals surface area contributed by atoms with Crippen molar-refractivity contribution in [1.82, 2.24) is 0 Å². The molecule has 0 radical (unpaired) electrons. The van der Waals surface area contributed by atoms with Gasteiger partial charge < -0.3 is 9.84 Å². The molecule has 25 heavy (non-hydrogen) atoms. The maximum atomic E-state index is 13.1. The highest BCUT2D eigenvalue weighted by Crippen LogP contribution is 2.33. The summed E-state index contributed by atoms with van der Waals surface area (Å²) < 4.78 is 32.1. The first-order valence-electron chi connectivity index (χ1n) is 7.32. The van der Waals surface area contributed by atoms with Gasteiger partial charge in [0.1, 0.15) is 12.3 Å². The van der Waals surface area contributed by atoms with Crippen molar-refractivity contribution >= 4 is 33.3 Å². The second-order valence-corrected chi connectivity index (χ2v) is 7.71. The number of anilines is 1. The fourth-order valence-corrected chi connectivity index (χ4v) is 4.43. The maximum absolute atomic E-state index is 13.1. The molecule has 2 aromatic rings. The maximum Gasteiger partial charge on any atom is 0.324 e. The molecule has 2 rings (SSSR count). The summed E-state index contributed by atoms with van der Waals surface area (Å²) in [6.45, 7) is 2.76. The summed E-state index contributed by atoms with van der Waals surface area (Å²) in [5.41, 5.74) is 1.66. The molecule has 0 aliphatic carbocycles. The number of hydrogen-bond donors (Lipinski definition) is 1. The van der Waals surface area contributed by atoms with Crippen LogP contribution < -0.4 is 9.04 Å². The monoisotopic (exact) mass is 383 g/mol. The third-order valence-electron chi connectivity index (χ3n) is 3.68. The van der Waals surface area contributed by atoms with E-state index in [0.717, 1.165) is 4.31 Å². The van der Waals surface area contributed by atoms with Crippen LogP contribution in [0.4, 0.5) is 5.69 Å². The largest absolute Gasteiger partial charge is 0.495 e. The number of aliphatic carboxylic acids is 1. The summed E-state index contributed by atoms with van der Waals surface area (Å²) in [6, 6.07) is 9.25. The molecule has 0 aromatic heterocycles. The SMILES string of the molecule is COc1ccc(S(=O)(=O)N(CC(=O)O)c2c(C)cccc2C)cc1Cl. The van der Waals surface area contributed by atoms with Crippen LogP contribution in [0, 0.1) is 13.8 Å². The molecule has 0 spiro atoms. The first-order chi connectivity index (χ1) is 11.7. The van der Waals surface area contributed by atoms with Crippen molar-refractivity contribution in [2.45, 2.75) is 18.7 Å². The Morgan fingerprint density at radius 3 is 2.28 bits per heavy atom. The van der Waals surface area contributed by atoms with Gasteiger partial charge in [0.15, 0.2) is 0 Å². The van der Waals surface area contributed by atoms with Crippen molar-refractivity contribution in [3.63, 3.8) is 0 Å². The van der Waals surface area contributed by atoms with Gasteiger partial charge in [-0.2, -0.15) is 0 Å². The third kappa shape index (κ3) is 3.88. The number of benzene rings is 2. The second kappa shape index (κ2) is 7.33. The van der Waals surface area contributed by atoms with Crippen molar-refractivity contribution in [3.8, 4) is 5.75 Å². The standard InChI is InChI=1S/C17H18ClNO5S/c1-11-5-4-6-12(2)17(11)19(10-16(20)21)25(22,23)13-7-8-15(24-3)14(18)9-13/h4-9H,10H2,1-3H3,(H,20,21). The van der Waals surface area contributed by atoms with Gasteiger partial charge in [-0.25, -0.2) is 8.42 Å². The summed E-state index contributed by atoms with van der Waals surface area (Å²) in [7, 11) is -2.71. The average Bonchev–Trinajstić information content (AvgIpc) is 2.53. The van der Waals surface area contributed by atoms with Crippen LogP contribution in [0.1, 0.15) is 11.1 Å². The average molecular weight is 384 g/mol. The van der Waals surface area contributed by atoms with Crippen LogP contribution in [0.3, 0.4) is 0 Å². The Balaban J connectivity index is 2.65. The van der Waals surface area contributed by atoms with Crippen molar-refractivity contribution in [1.29, 1.82) is 0 Å². The van der Waals surface area contributed by atoms with E-state index in [1.54, 1.807) is 32.0 Å². The van der Waals surface area contributed by atoms with E-state index in [2.05, 4.69) is 0 Å². The molecular formula is C17H18ClNO5S. The summed E-state index contributed by atoms with van der Waals surface area (Å²) in [6.07, 6.45) is 0. The smallest absolute Gasteiger partial charge is 0.324 e. The van der Waals surface area contributed by atoms with Crippen molar-refractivity contribution < 1.29 is 23.1 Å². The lowest BCUT2D eigenvalue weighted by atomic mass is 10.1. The van der Waals surface area contributed by atoms with Crippen LogP contribution >= 0.6 is 11.6 Å². The molecule has 1 N–H and O–H groups in total. The summed E-state index contributed by atoms with van der Waals surface area (Å²) in [4.78, 5) is 11.2. The molecule has 2 aromatic carbocycles. The summed E-state index contributed by atoms with van der Waals surface area (Å²) in [5.74, 6) is -0.927. The van der Waals surface area contributed by atoms with E-state index in [4.69, 9.17) is 16.3 Å². The van der Waals surface area contributed by atoms with Crippen molar-refractivity contribution in [2.75, 3.05) is 18.0 Å². The molecule has 0 bridgehead atoms. The molecule has 8 heteroatoms. The zero-order valence-electron chi connectivity index (χ0n) is 14.0. The van der Waals surface area contributed by atoms with Gasteiger partial charge in [-0.15, -0.1) is 0 Å². The third-order valence-corrected chi connectivity index (χ3v) is 5.72. The van der Waals surface area contributed by atoms with Crippen LogP contribution in [0.15, 0.2) is 41.3 Å². The van der Waals surface area contributed by atoms with Gasteiger partial charge in [0.2, 0.25) is 0 Å². The number of rotatable bonds is 6. The van der Waals surface area contributed by atoms with E-state index in [1.807, 2.05) is 0 Å². The predicted octanol–water partition coefficient (Wildman–Crippen LogP) is 3.25. The number of carboxylic acid groups (broad SMARTS) is 1. The number of hydrogen-bond acceptors (Lipinski definition) is 4. The molecule has 0 atom stereocenters. The number of sulfonamides is 1. The van der Waals surface area contributed by atoms with Gasteiger partial charge >= 0.3 is 5.97 Å². The lowest BCUT2D eigenvalue weighted by Gasteiger charge is -2.26. The van der Waals surface area contributed by atoms with Gasteiger partial charge in [-0.3, -0.25) is 9.10 Å². The van der Waals surface area contributed by atoms with Crippen LogP contribution in [-0.4, -0.2) is 33.1 Å². The Kier molecular flexibility index (Phi) is 5.59. The fourth-order valence-electron chi connectivity index (χ4n) is 2.54. The van der Waals surface area contributed by atoms with E-state index in [-0.39, 0.29) is 9.92 Å². The highest BCUT2D eigenvalue weighted by atomic mass is 35.5. The summed E-state index contributed by atoms with van der Waals surface area (Å²) >= 11 is 6.03. The molecular weight excluding hydrogens is 366 g/mol. The van der Waals surface area contributed by atoms with E-state index in [0.29, 0.717) is 22.6 Å². The number of halogens is 1. The molecule has 0 fully saturated rings. The fraction of sp³-hybridized carbons (Fsp3) is 0.235. The molecule has 0 amide bonds. The molecule has 0 aliphatic heterocycles. The highest BCUT2D eigenvalue weighted by Gasteiger charge is 2.29. The second-order valence-electron chi connectivity index (χ2n) is 5.44. The number of nitrogens with zero attached hydrogens (tertiary/aromatic N) is 1. The van der Waals surface area contributed by atoms with E-state index in [9.17, 15) is 18.3 Å². The molecule has 134 valence electrons. The number of para-hydroxylation sites is 1. The Hall–Kier alpha value is -2.25. The lowest BCUT2D eigenvalue weighted by molar-refractivity contribution is -0.135. The quantitative estimate of drug-likeness (QED) is 0.827.